The lowest BCUT2D eigenvalue weighted by atomic mass is 9.93. The van der Waals surface area contributed by atoms with Crippen molar-refractivity contribution in [2.24, 2.45) is 0 Å². The van der Waals surface area contributed by atoms with Crippen LogP contribution in [0.15, 0.2) is 30.5 Å². The van der Waals surface area contributed by atoms with Gasteiger partial charge in [-0.15, -0.1) is 0 Å². The van der Waals surface area contributed by atoms with E-state index in [1.54, 1.807) is 0 Å². The largest absolute Gasteiger partial charge is 0.367 e. The molecule has 142 valence electrons. The van der Waals surface area contributed by atoms with E-state index in [9.17, 15) is 0 Å². The molecule has 3 aromatic heterocycles. The summed E-state index contributed by atoms with van der Waals surface area (Å²) >= 11 is 0. The number of hydrogen-bond donors (Lipinski definition) is 4. The third-order valence-electron chi connectivity index (χ3n) is 5.12. The molecule has 7 heteroatoms. The molecular formula is C20H27N7. The first kappa shape index (κ1) is 17.7. The number of hydrogen-bond acceptors (Lipinski definition) is 6. The summed E-state index contributed by atoms with van der Waals surface area (Å²) in [6, 6.07) is 9.39. The van der Waals surface area contributed by atoms with Gasteiger partial charge in [-0.2, -0.15) is 5.10 Å². The first-order chi connectivity index (χ1) is 13.1. The fourth-order valence-corrected chi connectivity index (χ4v) is 3.86. The van der Waals surface area contributed by atoms with Crippen molar-refractivity contribution in [3.05, 3.63) is 36.2 Å². The zero-order chi connectivity index (χ0) is 18.8. The number of anilines is 3. The minimum Gasteiger partial charge on any atom is -0.367 e. The van der Waals surface area contributed by atoms with E-state index in [4.69, 9.17) is 4.98 Å². The Balaban J connectivity index is 1.64. The fourth-order valence-electron chi connectivity index (χ4n) is 3.86. The van der Waals surface area contributed by atoms with Crippen LogP contribution < -0.4 is 16.0 Å². The van der Waals surface area contributed by atoms with Gasteiger partial charge in [-0.05, 0) is 45.2 Å². The highest BCUT2D eigenvalue weighted by Gasteiger charge is 2.25. The van der Waals surface area contributed by atoms with E-state index < -0.39 is 0 Å². The summed E-state index contributed by atoms with van der Waals surface area (Å²) < 4.78 is 0. The molecule has 3 aromatic rings. The van der Waals surface area contributed by atoms with E-state index >= 15 is 0 Å². The Hall–Kier alpha value is -2.67. The van der Waals surface area contributed by atoms with E-state index in [0.717, 1.165) is 53.3 Å². The summed E-state index contributed by atoms with van der Waals surface area (Å²) in [6.45, 7) is 6.46. The van der Waals surface area contributed by atoms with Crippen LogP contribution in [0, 0.1) is 6.92 Å². The second kappa shape index (κ2) is 7.52. The molecule has 7 nitrogen and oxygen atoms in total. The molecule has 3 atom stereocenters. The van der Waals surface area contributed by atoms with Crippen molar-refractivity contribution in [3.63, 3.8) is 0 Å². The summed E-state index contributed by atoms with van der Waals surface area (Å²) in [7, 11) is 0. The molecular weight excluding hydrogens is 338 g/mol. The maximum atomic E-state index is 4.84. The SMILES string of the molecule is CC[C@H]1CC(Nc2nc(Nc3cc(C)[nH]n3)cc3ncccc23)C[C@@H](C)N1. The highest BCUT2D eigenvalue weighted by atomic mass is 15.2. The second-order valence-corrected chi connectivity index (χ2v) is 7.47. The summed E-state index contributed by atoms with van der Waals surface area (Å²) in [5.74, 6) is 2.37. The Bertz CT molecular complexity index is 920. The number of nitrogens with zero attached hydrogens (tertiary/aromatic N) is 3. The normalized spacial score (nSPS) is 22.7. The van der Waals surface area contributed by atoms with Crippen LogP contribution in [0.25, 0.3) is 10.9 Å². The standard InChI is InChI=1S/C20H27N7/c1-4-14-10-15(8-12(2)22-14)23-20-16-6-5-7-21-17(16)11-18(25-20)24-19-9-13(3)26-27-19/h5-7,9,11-12,14-15,22H,4,8,10H2,1-3H3,(H3,23,24,25,26,27)/t12-,14+,15?/m1/s1. The van der Waals surface area contributed by atoms with Gasteiger partial charge >= 0.3 is 0 Å². The highest BCUT2D eigenvalue weighted by Crippen LogP contribution is 2.27. The van der Waals surface area contributed by atoms with Gasteiger partial charge in [-0.25, -0.2) is 4.98 Å². The van der Waals surface area contributed by atoms with Crippen LogP contribution in [-0.2, 0) is 0 Å². The Morgan fingerprint density at radius 1 is 1.22 bits per heavy atom. The van der Waals surface area contributed by atoms with Crippen LogP contribution >= 0.6 is 0 Å². The van der Waals surface area contributed by atoms with Crippen LogP contribution in [-0.4, -0.2) is 38.3 Å². The van der Waals surface area contributed by atoms with Crippen molar-refractivity contribution < 1.29 is 0 Å². The van der Waals surface area contributed by atoms with Gasteiger partial charge in [-0.3, -0.25) is 10.1 Å². The average molecular weight is 365 g/mol. The molecule has 0 saturated carbocycles. The minimum absolute atomic E-state index is 0.394. The molecule has 4 heterocycles. The highest BCUT2D eigenvalue weighted by molar-refractivity contribution is 5.91. The summed E-state index contributed by atoms with van der Waals surface area (Å²) in [5, 5.41) is 18.9. The zero-order valence-corrected chi connectivity index (χ0v) is 16.1. The Morgan fingerprint density at radius 2 is 2.11 bits per heavy atom. The van der Waals surface area contributed by atoms with Gasteiger partial charge < -0.3 is 16.0 Å². The molecule has 1 aliphatic heterocycles. The number of rotatable bonds is 5. The van der Waals surface area contributed by atoms with E-state index in [2.05, 4.69) is 51.0 Å². The summed E-state index contributed by atoms with van der Waals surface area (Å²) in [5.41, 5.74) is 1.92. The number of piperidine rings is 1. The van der Waals surface area contributed by atoms with Crippen LogP contribution in [0.5, 0.6) is 0 Å². The van der Waals surface area contributed by atoms with Gasteiger partial charge in [0.25, 0.3) is 0 Å². The lowest BCUT2D eigenvalue weighted by Crippen LogP contribution is -2.48. The monoisotopic (exact) mass is 365 g/mol. The molecule has 1 unspecified atom stereocenters. The maximum Gasteiger partial charge on any atom is 0.153 e. The van der Waals surface area contributed by atoms with Gasteiger partial charge in [-0.1, -0.05) is 6.92 Å². The maximum absolute atomic E-state index is 4.84. The quantitative estimate of drug-likeness (QED) is 0.551. The molecule has 0 bridgehead atoms. The van der Waals surface area contributed by atoms with Gasteiger partial charge in [0.05, 0.1) is 5.52 Å². The molecule has 0 radical (unpaired) electrons. The van der Waals surface area contributed by atoms with Gasteiger partial charge in [0, 0.05) is 47.5 Å². The number of aromatic amines is 1. The van der Waals surface area contributed by atoms with Crippen molar-refractivity contribution in [2.75, 3.05) is 10.6 Å². The van der Waals surface area contributed by atoms with Gasteiger partial charge in [0.2, 0.25) is 0 Å². The number of H-pyrrole nitrogens is 1. The molecule has 27 heavy (non-hydrogen) atoms. The molecule has 0 spiro atoms. The molecule has 1 saturated heterocycles. The Morgan fingerprint density at radius 3 is 2.89 bits per heavy atom. The zero-order valence-electron chi connectivity index (χ0n) is 16.1. The fraction of sp³-hybridized carbons (Fsp3) is 0.450. The van der Waals surface area contributed by atoms with Crippen LogP contribution in [0.1, 0.15) is 38.8 Å². The van der Waals surface area contributed by atoms with Gasteiger partial charge in [0.1, 0.15) is 11.6 Å². The van der Waals surface area contributed by atoms with E-state index in [0.29, 0.717) is 18.1 Å². The number of pyridine rings is 2. The van der Waals surface area contributed by atoms with Crippen LogP contribution in [0.2, 0.25) is 0 Å². The first-order valence-electron chi connectivity index (χ1n) is 9.68. The van der Waals surface area contributed by atoms with Crippen LogP contribution in [0.4, 0.5) is 17.5 Å². The van der Waals surface area contributed by atoms with Crippen molar-refractivity contribution in [1.82, 2.24) is 25.5 Å². The molecule has 4 N–H and O–H groups in total. The smallest absolute Gasteiger partial charge is 0.153 e. The molecule has 0 aliphatic carbocycles. The Labute approximate surface area is 159 Å². The number of nitrogens with one attached hydrogen (secondary N) is 4. The topological polar surface area (TPSA) is 90.5 Å². The van der Waals surface area contributed by atoms with Crippen LogP contribution in [0.3, 0.4) is 0 Å². The lowest BCUT2D eigenvalue weighted by molar-refractivity contribution is 0.308. The van der Waals surface area contributed by atoms with Crippen molar-refractivity contribution >= 4 is 28.4 Å². The lowest BCUT2D eigenvalue weighted by Gasteiger charge is -2.35. The molecule has 4 rings (SSSR count). The van der Waals surface area contributed by atoms with Gasteiger partial charge in [0.15, 0.2) is 5.82 Å². The third-order valence-corrected chi connectivity index (χ3v) is 5.12. The Kier molecular flexibility index (Phi) is 4.94. The molecule has 0 aromatic carbocycles. The van der Waals surface area contributed by atoms with Crippen molar-refractivity contribution in [1.29, 1.82) is 0 Å². The predicted octanol–water partition coefficient (Wildman–Crippen LogP) is 3.74. The molecule has 0 amide bonds. The van der Waals surface area contributed by atoms with E-state index in [-0.39, 0.29) is 0 Å². The molecule has 1 fully saturated rings. The predicted molar refractivity (Wildman–Crippen MR) is 109 cm³/mol. The van der Waals surface area contributed by atoms with Crippen molar-refractivity contribution in [2.45, 2.75) is 58.2 Å². The minimum atomic E-state index is 0.394. The van der Waals surface area contributed by atoms with E-state index in [1.165, 1.54) is 0 Å². The number of fused-ring (bicyclic) bond motifs is 1. The second-order valence-electron chi connectivity index (χ2n) is 7.47. The number of aryl methyl sites for hydroxylation is 1. The summed E-state index contributed by atoms with van der Waals surface area (Å²) in [6.07, 6.45) is 5.13. The first-order valence-corrected chi connectivity index (χ1v) is 9.68. The van der Waals surface area contributed by atoms with E-state index in [1.807, 2.05) is 31.3 Å². The third kappa shape index (κ3) is 4.03. The number of aromatic nitrogens is 4. The average Bonchev–Trinajstić information content (AvgIpc) is 3.06. The molecule has 1 aliphatic rings. The van der Waals surface area contributed by atoms with Crippen molar-refractivity contribution in [3.8, 4) is 0 Å². The summed E-state index contributed by atoms with van der Waals surface area (Å²) in [4.78, 5) is 9.37.